The molecule has 0 radical (unpaired) electrons. The molecule has 2 aromatic rings. The fourth-order valence-electron chi connectivity index (χ4n) is 1.71. The van der Waals surface area contributed by atoms with Gasteiger partial charge in [-0.2, -0.15) is 16.4 Å². The van der Waals surface area contributed by atoms with Gasteiger partial charge in [-0.3, -0.25) is 4.68 Å². The third kappa shape index (κ3) is 2.14. The SMILES string of the molecule is Cc1nn(C)c(CC(N)c2ccsc2)c1Cl. The van der Waals surface area contributed by atoms with Crippen LogP contribution in [0.1, 0.15) is 23.0 Å². The average molecular weight is 256 g/mol. The van der Waals surface area contributed by atoms with Gasteiger partial charge in [0.1, 0.15) is 0 Å². The lowest BCUT2D eigenvalue weighted by molar-refractivity contribution is 0.641. The molecule has 5 heteroatoms. The Morgan fingerprint density at radius 3 is 2.88 bits per heavy atom. The number of rotatable bonds is 3. The Morgan fingerprint density at radius 2 is 2.38 bits per heavy atom. The van der Waals surface area contributed by atoms with Gasteiger partial charge in [0.05, 0.1) is 16.4 Å². The Morgan fingerprint density at radius 1 is 1.62 bits per heavy atom. The van der Waals surface area contributed by atoms with E-state index in [2.05, 4.69) is 10.5 Å². The highest BCUT2D eigenvalue weighted by Crippen LogP contribution is 2.25. The first-order valence-corrected chi connectivity index (χ1v) is 6.37. The van der Waals surface area contributed by atoms with Crippen molar-refractivity contribution in [3.8, 4) is 0 Å². The van der Waals surface area contributed by atoms with E-state index in [1.54, 1.807) is 11.3 Å². The van der Waals surface area contributed by atoms with Crippen molar-refractivity contribution in [3.63, 3.8) is 0 Å². The molecule has 0 aromatic carbocycles. The molecule has 0 spiro atoms. The van der Waals surface area contributed by atoms with Crippen molar-refractivity contribution < 1.29 is 0 Å². The number of nitrogens with two attached hydrogens (primary N) is 1. The van der Waals surface area contributed by atoms with Gasteiger partial charge < -0.3 is 5.73 Å². The van der Waals surface area contributed by atoms with E-state index in [1.807, 2.05) is 30.1 Å². The van der Waals surface area contributed by atoms with Crippen LogP contribution in [0.4, 0.5) is 0 Å². The zero-order valence-electron chi connectivity index (χ0n) is 9.27. The van der Waals surface area contributed by atoms with E-state index in [0.29, 0.717) is 6.42 Å². The van der Waals surface area contributed by atoms with E-state index in [9.17, 15) is 0 Å². The summed E-state index contributed by atoms with van der Waals surface area (Å²) in [4.78, 5) is 0. The summed E-state index contributed by atoms with van der Waals surface area (Å²) in [6.07, 6.45) is 0.715. The molecule has 86 valence electrons. The second kappa shape index (κ2) is 4.57. The molecule has 2 N–H and O–H groups in total. The molecule has 0 saturated carbocycles. The molecule has 0 amide bonds. The smallest absolute Gasteiger partial charge is 0.0847 e. The molecule has 0 aliphatic carbocycles. The standard InChI is InChI=1S/C11H14ClN3S/c1-7-11(12)10(15(2)14-7)5-9(13)8-3-4-16-6-8/h3-4,6,9H,5,13H2,1-2H3. The number of aromatic nitrogens is 2. The first kappa shape index (κ1) is 11.6. The molecule has 0 aliphatic heterocycles. The summed E-state index contributed by atoms with van der Waals surface area (Å²) in [6.45, 7) is 1.90. The zero-order valence-corrected chi connectivity index (χ0v) is 10.8. The van der Waals surface area contributed by atoms with Crippen LogP contribution in [0.2, 0.25) is 5.02 Å². The number of thiophene rings is 1. The van der Waals surface area contributed by atoms with Gasteiger partial charge in [-0.25, -0.2) is 0 Å². The van der Waals surface area contributed by atoms with Gasteiger partial charge in [-0.05, 0) is 29.3 Å². The van der Waals surface area contributed by atoms with Crippen LogP contribution in [0.5, 0.6) is 0 Å². The van der Waals surface area contributed by atoms with Gasteiger partial charge in [-0.15, -0.1) is 0 Å². The number of halogens is 1. The van der Waals surface area contributed by atoms with Gasteiger partial charge in [0.2, 0.25) is 0 Å². The molecule has 1 atom stereocenters. The van der Waals surface area contributed by atoms with Gasteiger partial charge >= 0.3 is 0 Å². The van der Waals surface area contributed by atoms with Crippen LogP contribution in [0, 0.1) is 6.92 Å². The minimum atomic E-state index is -0.0152. The lowest BCUT2D eigenvalue weighted by Gasteiger charge is -2.10. The normalized spacial score (nSPS) is 13.0. The first-order valence-electron chi connectivity index (χ1n) is 5.05. The van der Waals surface area contributed by atoms with E-state index in [4.69, 9.17) is 17.3 Å². The summed E-state index contributed by atoms with van der Waals surface area (Å²) in [6, 6.07) is 2.03. The second-order valence-corrected chi connectivity index (χ2v) is 4.99. The molecule has 2 heterocycles. The van der Waals surface area contributed by atoms with Crippen molar-refractivity contribution in [2.24, 2.45) is 12.8 Å². The van der Waals surface area contributed by atoms with E-state index >= 15 is 0 Å². The summed E-state index contributed by atoms with van der Waals surface area (Å²) in [7, 11) is 1.90. The molecule has 0 fully saturated rings. The third-order valence-electron chi connectivity index (χ3n) is 2.65. The quantitative estimate of drug-likeness (QED) is 0.917. The van der Waals surface area contributed by atoms with Gasteiger partial charge in [0.15, 0.2) is 0 Å². The van der Waals surface area contributed by atoms with Crippen LogP contribution in [0.25, 0.3) is 0 Å². The number of nitrogens with zero attached hydrogens (tertiary/aromatic N) is 2. The summed E-state index contributed by atoms with van der Waals surface area (Å²) >= 11 is 7.84. The zero-order chi connectivity index (χ0) is 11.7. The van der Waals surface area contributed by atoms with E-state index in [1.165, 1.54) is 0 Å². The fraction of sp³-hybridized carbons (Fsp3) is 0.364. The Labute approximate surface area is 104 Å². The molecule has 0 bridgehead atoms. The number of aryl methyl sites for hydroxylation is 2. The number of hydrogen-bond acceptors (Lipinski definition) is 3. The predicted molar refractivity (Wildman–Crippen MR) is 67.9 cm³/mol. The number of hydrogen-bond donors (Lipinski definition) is 1. The lowest BCUT2D eigenvalue weighted by Crippen LogP contribution is -2.14. The largest absolute Gasteiger partial charge is 0.324 e. The third-order valence-corrected chi connectivity index (χ3v) is 3.84. The van der Waals surface area contributed by atoms with Crippen LogP contribution in [-0.2, 0) is 13.5 Å². The summed E-state index contributed by atoms with van der Waals surface area (Å²) in [5.41, 5.74) is 9.13. The highest BCUT2D eigenvalue weighted by Gasteiger charge is 2.15. The molecule has 16 heavy (non-hydrogen) atoms. The van der Waals surface area contributed by atoms with Crippen molar-refractivity contribution >= 4 is 22.9 Å². The summed E-state index contributed by atoms with van der Waals surface area (Å²) in [5, 5.41) is 9.11. The maximum Gasteiger partial charge on any atom is 0.0847 e. The molecular weight excluding hydrogens is 242 g/mol. The van der Waals surface area contributed by atoms with Crippen molar-refractivity contribution in [1.29, 1.82) is 0 Å². The Balaban J connectivity index is 2.21. The van der Waals surface area contributed by atoms with Crippen molar-refractivity contribution in [2.75, 3.05) is 0 Å². The van der Waals surface area contributed by atoms with Crippen molar-refractivity contribution in [3.05, 3.63) is 38.8 Å². The van der Waals surface area contributed by atoms with Gasteiger partial charge in [-0.1, -0.05) is 11.6 Å². The van der Waals surface area contributed by atoms with Crippen LogP contribution in [0.3, 0.4) is 0 Å². The topological polar surface area (TPSA) is 43.8 Å². The summed E-state index contributed by atoms with van der Waals surface area (Å²) < 4.78 is 1.81. The lowest BCUT2D eigenvalue weighted by atomic mass is 10.1. The molecule has 0 aliphatic rings. The minimum Gasteiger partial charge on any atom is -0.324 e. The van der Waals surface area contributed by atoms with E-state index in [-0.39, 0.29) is 6.04 Å². The summed E-state index contributed by atoms with van der Waals surface area (Å²) in [5.74, 6) is 0. The Hall–Kier alpha value is -0.840. The van der Waals surface area contributed by atoms with Gasteiger partial charge in [0.25, 0.3) is 0 Å². The highest BCUT2D eigenvalue weighted by molar-refractivity contribution is 7.07. The maximum atomic E-state index is 6.18. The maximum absolute atomic E-state index is 6.18. The molecular formula is C11H14ClN3S. The van der Waals surface area contributed by atoms with Crippen molar-refractivity contribution in [2.45, 2.75) is 19.4 Å². The molecule has 3 nitrogen and oxygen atoms in total. The first-order chi connectivity index (χ1) is 7.59. The van der Waals surface area contributed by atoms with Crippen LogP contribution < -0.4 is 5.73 Å². The van der Waals surface area contributed by atoms with Crippen LogP contribution >= 0.6 is 22.9 Å². The minimum absolute atomic E-state index is 0.0152. The Kier molecular flexibility index (Phi) is 3.33. The second-order valence-electron chi connectivity index (χ2n) is 3.84. The molecule has 0 saturated heterocycles. The Bertz CT molecular complexity index is 476. The van der Waals surface area contributed by atoms with Crippen LogP contribution in [-0.4, -0.2) is 9.78 Å². The molecule has 2 aromatic heterocycles. The van der Waals surface area contributed by atoms with Crippen molar-refractivity contribution in [1.82, 2.24) is 9.78 Å². The highest BCUT2D eigenvalue weighted by atomic mass is 35.5. The average Bonchev–Trinajstić information content (AvgIpc) is 2.83. The fourth-order valence-corrected chi connectivity index (χ4v) is 2.68. The van der Waals surface area contributed by atoms with Gasteiger partial charge in [0, 0.05) is 19.5 Å². The molecule has 1 unspecified atom stereocenters. The predicted octanol–water partition coefficient (Wildman–Crippen LogP) is 2.69. The van der Waals surface area contributed by atoms with Crippen LogP contribution in [0.15, 0.2) is 16.8 Å². The van der Waals surface area contributed by atoms with E-state index in [0.717, 1.165) is 22.0 Å². The van der Waals surface area contributed by atoms with E-state index < -0.39 is 0 Å². The molecule has 2 rings (SSSR count). The monoisotopic (exact) mass is 255 g/mol.